The fourth-order valence-electron chi connectivity index (χ4n) is 2.34. The number of hydrogen-bond donors (Lipinski definition) is 2. The summed E-state index contributed by atoms with van der Waals surface area (Å²) in [6.07, 6.45) is 10.7. The lowest BCUT2D eigenvalue weighted by Crippen LogP contribution is -2.37. The van der Waals surface area contributed by atoms with Crippen LogP contribution in [0.4, 0.5) is 0 Å². The zero-order chi connectivity index (χ0) is 14.2. The lowest BCUT2D eigenvalue weighted by atomic mass is 9.97. The molecule has 1 aromatic rings. The summed E-state index contributed by atoms with van der Waals surface area (Å²) in [4.78, 5) is 9.83. The van der Waals surface area contributed by atoms with Gasteiger partial charge in [0.2, 0.25) is 0 Å². The zero-order valence-corrected chi connectivity index (χ0v) is 16.0. The molecular weight excluding hydrogens is 395 g/mol. The highest BCUT2D eigenvalue weighted by molar-refractivity contribution is 14.0. The molecule has 6 heteroatoms. The van der Waals surface area contributed by atoms with Crippen LogP contribution in [0.2, 0.25) is 0 Å². The molecule has 2 N–H and O–H groups in total. The standard InChI is InChI=1S/C15H24N4S.HI/c1-12-10-18-14(20-12)11-19-15(16-2)17-9-8-13-6-4-3-5-7-13;/h6,10H,3-5,7-9,11H2,1-2H3,(H2,16,17,19);1H. The summed E-state index contributed by atoms with van der Waals surface area (Å²) in [7, 11) is 1.81. The van der Waals surface area contributed by atoms with Crippen molar-refractivity contribution in [3.63, 3.8) is 0 Å². The van der Waals surface area contributed by atoms with E-state index in [4.69, 9.17) is 0 Å². The van der Waals surface area contributed by atoms with Gasteiger partial charge in [-0.25, -0.2) is 4.98 Å². The van der Waals surface area contributed by atoms with Gasteiger partial charge >= 0.3 is 0 Å². The van der Waals surface area contributed by atoms with Gasteiger partial charge in [-0.3, -0.25) is 4.99 Å². The average Bonchev–Trinajstić information content (AvgIpc) is 2.89. The van der Waals surface area contributed by atoms with E-state index in [2.05, 4.69) is 33.6 Å². The van der Waals surface area contributed by atoms with Crippen LogP contribution in [-0.4, -0.2) is 24.5 Å². The molecule has 0 aromatic carbocycles. The molecule has 118 valence electrons. The summed E-state index contributed by atoms with van der Waals surface area (Å²) in [5.41, 5.74) is 1.59. The zero-order valence-electron chi connectivity index (χ0n) is 12.8. The number of nitrogens with zero attached hydrogens (tertiary/aromatic N) is 2. The molecule has 1 heterocycles. The normalized spacial score (nSPS) is 15.1. The van der Waals surface area contributed by atoms with Gasteiger partial charge in [-0.15, -0.1) is 35.3 Å². The first-order chi connectivity index (χ1) is 9.78. The fourth-order valence-corrected chi connectivity index (χ4v) is 3.06. The van der Waals surface area contributed by atoms with Crippen LogP contribution in [0.25, 0.3) is 0 Å². The van der Waals surface area contributed by atoms with Crippen LogP contribution in [-0.2, 0) is 6.54 Å². The molecule has 1 aromatic heterocycles. The third kappa shape index (κ3) is 6.78. The lowest BCUT2D eigenvalue weighted by Gasteiger charge is -2.14. The van der Waals surface area contributed by atoms with E-state index in [1.165, 1.54) is 30.6 Å². The predicted molar refractivity (Wildman–Crippen MR) is 102 cm³/mol. The number of halogens is 1. The van der Waals surface area contributed by atoms with Gasteiger partial charge in [0.25, 0.3) is 0 Å². The topological polar surface area (TPSA) is 49.3 Å². The summed E-state index contributed by atoms with van der Waals surface area (Å²) >= 11 is 1.72. The van der Waals surface area contributed by atoms with Crippen molar-refractivity contribution in [2.75, 3.05) is 13.6 Å². The van der Waals surface area contributed by atoms with Crippen molar-refractivity contribution < 1.29 is 0 Å². The van der Waals surface area contributed by atoms with E-state index in [1.54, 1.807) is 16.9 Å². The Morgan fingerprint density at radius 2 is 2.24 bits per heavy atom. The Hall–Kier alpha value is -0.630. The Balaban J connectivity index is 0.00000220. The average molecular weight is 420 g/mol. The van der Waals surface area contributed by atoms with Crippen LogP contribution in [0.1, 0.15) is 42.0 Å². The Labute approximate surface area is 148 Å². The Bertz CT molecular complexity index is 482. The van der Waals surface area contributed by atoms with E-state index >= 15 is 0 Å². The number of aromatic nitrogens is 1. The third-order valence-corrected chi connectivity index (χ3v) is 4.34. The summed E-state index contributed by atoms with van der Waals surface area (Å²) in [6.45, 7) is 3.76. The maximum Gasteiger partial charge on any atom is 0.191 e. The molecule has 2 rings (SSSR count). The monoisotopic (exact) mass is 420 g/mol. The van der Waals surface area contributed by atoms with Crippen molar-refractivity contribution in [1.29, 1.82) is 0 Å². The van der Waals surface area contributed by atoms with Crippen molar-refractivity contribution >= 4 is 41.3 Å². The van der Waals surface area contributed by atoms with E-state index in [0.29, 0.717) is 0 Å². The second-order valence-corrected chi connectivity index (χ2v) is 6.39. The highest BCUT2D eigenvalue weighted by atomic mass is 127. The third-order valence-electron chi connectivity index (χ3n) is 3.42. The van der Waals surface area contributed by atoms with Crippen molar-refractivity contribution in [1.82, 2.24) is 15.6 Å². The maximum atomic E-state index is 4.34. The first-order valence-electron chi connectivity index (χ1n) is 7.31. The van der Waals surface area contributed by atoms with Gasteiger partial charge in [0.15, 0.2) is 5.96 Å². The molecule has 21 heavy (non-hydrogen) atoms. The van der Waals surface area contributed by atoms with Crippen LogP contribution in [0.15, 0.2) is 22.8 Å². The first-order valence-corrected chi connectivity index (χ1v) is 8.13. The highest BCUT2D eigenvalue weighted by Gasteiger charge is 2.04. The summed E-state index contributed by atoms with van der Waals surface area (Å²) < 4.78 is 0. The number of aryl methyl sites for hydroxylation is 1. The Morgan fingerprint density at radius 1 is 1.38 bits per heavy atom. The van der Waals surface area contributed by atoms with Gasteiger partial charge in [-0.05, 0) is 39.0 Å². The van der Waals surface area contributed by atoms with Crippen molar-refractivity contribution in [2.45, 2.75) is 45.6 Å². The predicted octanol–water partition coefficient (Wildman–Crippen LogP) is 3.63. The van der Waals surface area contributed by atoms with E-state index in [0.717, 1.165) is 30.5 Å². The number of guanidine groups is 1. The number of allylic oxidation sites excluding steroid dienone is 1. The second kappa shape index (κ2) is 10.2. The molecule has 0 radical (unpaired) electrons. The molecule has 0 saturated carbocycles. The number of hydrogen-bond acceptors (Lipinski definition) is 3. The van der Waals surface area contributed by atoms with E-state index in [-0.39, 0.29) is 24.0 Å². The number of nitrogens with one attached hydrogen (secondary N) is 2. The smallest absolute Gasteiger partial charge is 0.191 e. The van der Waals surface area contributed by atoms with Crippen molar-refractivity contribution in [3.8, 4) is 0 Å². The van der Waals surface area contributed by atoms with Crippen LogP contribution < -0.4 is 10.6 Å². The minimum atomic E-state index is 0. The highest BCUT2D eigenvalue weighted by Crippen LogP contribution is 2.19. The Kier molecular flexibility index (Phi) is 8.91. The van der Waals surface area contributed by atoms with Gasteiger partial charge < -0.3 is 10.6 Å². The molecule has 0 spiro atoms. The van der Waals surface area contributed by atoms with Gasteiger partial charge in [-0.1, -0.05) is 11.6 Å². The van der Waals surface area contributed by atoms with E-state index in [1.807, 2.05) is 13.2 Å². The molecule has 1 aliphatic rings. The molecule has 0 bridgehead atoms. The molecule has 1 aliphatic carbocycles. The van der Waals surface area contributed by atoms with E-state index < -0.39 is 0 Å². The van der Waals surface area contributed by atoms with Crippen LogP contribution in [0, 0.1) is 6.92 Å². The molecule has 0 unspecified atom stereocenters. The Morgan fingerprint density at radius 3 is 2.86 bits per heavy atom. The quantitative estimate of drug-likeness (QED) is 0.331. The van der Waals surface area contributed by atoms with Gasteiger partial charge in [0, 0.05) is 24.7 Å². The molecule has 0 saturated heterocycles. The SMILES string of the molecule is CN=C(NCCC1=CCCCC1)NCc1ncc(C)s1.I. The van der Waals surface area contributed by atoms with Gasteiger partial charge in [0.05, 0.1) is 6.54 Å². The van der Waals surface area contributed by atoms with Gasteiger partial charge in [0.1, 0.15) is 5.01 Å². The summed E-state index contributed by atoms with van der Waals surface area (Å²) in [6, 6.07) is 0. The van der Waals surface area contributed by atoms with Gasteiger partial charge in [-0.2, -0.15) is 0 Å². The van der Waals surface area contributed by atoms with Crippen molar-refractivity contribution in [3.05, 3.63) is 27.7 Å². The molecule has 0 atom stereocenters. The molecule has 0 fully saturated rings. The molecular formula is C15H25IN4S. The van der Waals surface area contributed by atoms with Crippen LogP contribution >= 0.6 is 35.3 Å². The summed E-state index contributed by atoms with van der Waals surface area (Å²) in [5, 5.41) is 7.77. The first kappa shape index (κ1) is 18.4. The van der Waals surface area contributed by atoms with Crippen molar-refractivity contribution in [2.24, 2.45) is 4.99 Å². The fraction of sp³-hybridized carbons (Fsp3) is 0.600. The number of rotatable bonds is 5. The second-order valence-electron chi connectivity index (χ2n) is 5.08. The minimum Gasteiger partial charge on any atom is -0.356 e. The molecule has 0 aliphatic heterocycles. The van der Waals surface area contributed by atoms with Crippen LogP contribution in [0.5, 0.6) is 0 Å². The largest absolute Gasteiger partial charge is 0.356 e. The summed E-state index contributed by atoms with van der Waals surface area (Å²) in [5.74, 6) is 0.856. The van der Waals surface area contributed by atoms with Crippen LogP contribution in [0.3, 0.4) is 0 Å². The minimum absolute atomic E-state index is 0. The van der Waals surface area contributed by atoms with E-state index in [9.17, 15) is 0 Å². The molecule has 0 amide bonds. The maximum absolute atomic E-state index is 4.34. The molecule has 4 nitrogen and oxygen atoms in total. The number of thiazole rings is 1. The lowest BCUT2D eigenvalue weighted by molar-refractivity contribution is 0.665. The number of aliphatic imine (C=N–C) groups is 1.